The minimum Gasteiger partial charge on any atom is -0.348 e. The Morgan fingerprint density at radius 2 is 1.68 bits per heavy atom. The Morgan fingerprint density at radius 1 is 1.02 bits per heavy atom. The van der Waals surface area contributed by atoms with Gasteiger partial charge in [0.05, 0.1) is 17.1 Å². The molecular weight excluding hydrogens is 604 g/mol. The van der Waals surface area contributed by atoms with Crippen molar-refractivity contribution in [1.82, 2.24) is 20.9 Å². The Labute approximate surface area is 270 Å². The average molecular weight is 651 g/mol. The van der Waals surface area contributed by atoms with Crippen molar-refractivity contribution in [3.63, 3.8) is 0 Å². The van der Waals surface area contributed by atoms with E-state index in [2.05, 4.69) is 49.0 Å². The summed E-state index contributed by atoms with van der Waals surface area (Å²) in [5, 5.41) is 12.4. The van der Waals surface area contributed by atoms with Crippen molar-refractivity contribution in [2.24, 2.45) is 5.41 Å². The van der Waals surface area contributed by atoms with Crippen LogP contribution in [0.5, 0.6) is 0 Å². The first-order valence-electron chi connectivity index (χ1n) is 15.3. The quantitative estimate of drug-likeness (QED) is 0.211. The van der Waals surface area contributed by atoms with Crippen LogP contribution in [0.15, 0.2) is 36.4 Å². The molecule has 1 saturated carbocycles. The Balaban J connectivity index is 0.000000978. The predicted octanol–water partition coefficient (Wildman–Crippen LogP) is 6.86. The number of nitrogens with zero attached hydrogens (tertiary/aromatic N) is 1. The molecule has 2 aromatic carbocycles. The first-order valence-corrected chi connectivity index (χ1v) is 16.0. The minimum atomic E-state index is -0.831. The number of hydrogen-bond donors (Lipinski definition) is 4. The third kappa shape index (κ3) is 10.9. The smallest absolute Gasteiger partial charge is 0.317 e. The van der Waals surface area contributed by atoms with Crippen LogP contribution in [-0.2, 0) is 16.1 Å². The number of carbonyl (C=O) groups is 3. The van der Waals surface area contributed by atoms with E-state index in [1.54, 1.807) is 42.2 Å². The van der Waals surface area contributed by atoms with Crippen molar-refractivity contribution in [2.75, 3.05) is 18.4 Å². The lowest BCUT2D eigenvalue weighted by atomic mass is 9.91. The number of halogens is 3. The van der Waals surface area contributed by atoms with Gasteiger partial charge in [-0.05, 0) is 47.6 Å². The number of urea groups is 1. The van der Waals surface area contributed by atoms with E-state index < -0.39 is 17.8 Å². The molecule has 0 bridgehead atoms. The molecule has 242 valence electrons. The van der Waals surface area contributed by atoms with Crippen molar-refractivity contribution in [2.45, 2.75) is 97.3 Å². The van der Waals surface area contributed by atoms with Crippen LogP contribution in [0.1, 0.15) is 83.8 Å². The van der Waals surface area contributed by atoms with Gasteiger partial charge in [-0.15, -0.1) is 0 Å². The van der Waals surface area contributed by atoms with Gasteiger partial charge >= 0.3 is 6.03 Å². The largest absolute Gasteiger partial charge is 0.348 e. The summed E-state index contributed by atoms with van der Waals surface area (Å²) < 4.78 is 14.9. The third-order valence-corrected chi connectivity index (χ3v) is 8.03. The summed E-state index contributed by atoms with van der Waals surface area (Å²) in [4.78, 5) is 38.8. The molecule has 0 radical (unpaired) electrons. The predicted molar refractivity (Wildman–Crippen MR) is 176 cm³/mol. The lowest BCUT2D eigenvalue weighted by molar-refractivity contribution is -0.125. The third-order valence-electron chi connectivity index (χ3n) is 7.50. The number of rotatable bonds is 10. The standard InChI is InChI=1S/C28H34Cl2FN5O3.C5H12/c1-17(22-8-5-9-23(30)25(22)31)26(32-13-18-10-11-19(29)12-24(18)33-16-37)27(38)34-21-14-36(15-21)28(39)35-20-6-3-2-4-7-20;1-5(2,3)4/h5,8-12,16-17,20-21,26,32H,2-4,6-7,13-15H2,1H3,(H,33,37)(H,34,38)(H,35,39);1-4H3/t17?,26-;/m1./s1. The zero-order valence-corrected chi connectivity index (χ0v) is 27.8. The van der Waals surface area contributed by atoms with E-state index in [0.717, 1.165) is 25.7 Å². The molecule has 8 nitrogen and oxygen atoms in total. The molecule has 1 heterocycles. The number of anilines is 1. The van der Waals surface area contributed by atoms with E-state index in [-0.39, 0.29) is 35.6 Å². The first-order chi connectivity index (χ1) is 20.8. The summed E-state index contributed by atoms with van der Waals surface area (Å²) in [6.45, 7) is 11.5. The maximum absolute atomic E-state index is 14.9. The fraction of sp³-hybridized carbons (Fsp3) is 0.545. The molecule has 2 fully saturated rings. The zero-order chi connectivity index (χ0) is 32.4. The Bertz CT molecular complexity index is 1270. The molecule has 44 heavy (non-hydrogen) atoms. The van der Waals surface area contributed by atoms with E-state index in [4.69, 9.17) is 23.2 Å². The molecule has 0 spiro atoms. The second-order valence-corrected chi connectivity index (χ2v) is 14.1. The lowest BCUT2D eigenvalue weighted by Gasteiger charge is -2.41. The van der Waals surface area contributed by atoms with Crippen LogP contribution in [0.4, 0.5) is 14.9 Å². The van der Waals surface area contributed by atoms with E-state index in [1.807, 2.05) is 0 Å². The highest BCUT2D eigenvalue weighted by atomic mass is 35.5. The van der Waals surface area contributed by atoms with Crippen LogP contribution in [0, 0.1) is 11.2 Å². The normalized spacial score (nSPS) is 17.0. The molecule has 11 heteroatoms. The monoisotopic (exact) mass is 649 g/mol. The Kier molecular flexibility index (Phi) is 13.3. The topological polar surface area (TPSA) is 103 Å². The van der Waals surface area contributed by atoms with Crippen molar-refractivity contribution < 1.29 is 18.8 Å². The van der Waals surface area contributed by atoms with Gasteiger partial charge in [0.15, 0.2) is 0 Å². The van der Waals surface area contributed by atoms with Crippen LogP contribution >= 0.6 is 23.2 Å². The highest BCUT2D eigenvalue weighted by molar-refractivity contribution is 6.31. The van der Waals surface area contributed by atoms with Gasteiger partial charge in [-0.3, -0.25) is 9.59 Å². The number of carbonyl (C=O) groups excluding carboxylic acids is 3. The summed E-state index contributed by atoms with van der Waals surface area (Å²) in [6.07, 6.45) is 6.03. The number of hydrogen-bond acceptors (Lipinski definition) is 4. The number of nitrogens with one attached hydrogen (secondary N) is 4. The zero-order valence-electron chi connectivity index (χ0n) is 26.3. The maximum Gasteiger partial charge on any atom is 0.317 e. The number of likely N-dealkylation sites (tertiary alicyclic amines) is 1. The Morgan fingerprint density at radius 3 is 2.32 bits per heavy atom. The minimum absolute atomic E-state index is 0.0210. The van der Waals surface area contributed by atoms with Gasteiger partial charge in [-0.25, -0.2) is 9.18 Å². The molecule has 4 N–H and O–H groups in total. The molecule has 1 unspecified atom stereocenters. The van der Waals surface area contributed by atoms with Gasteiger partial charge in [0.25, 0.3) is 0 Å². The van der Waals surface area contributed by atoms with E-state index >= 15 is 0 Å². The summed E-state index contributed by atoms with van der Waals surface area (Å²) in [7, 11) is 0. The van der Waals surface area contributed by atoms with E-state index in [9.17, 15) is 18.8 Å². The van der Waals surface area contributed by atoms with Crippen molar-refractivity contribution in [3.05, 3.63) is 63.4 Å². The van der Waals surface area contributed by atoms with Crippen LogP contribution in [-0.4, -0.2) is 54.5 Å². The van der Waals surface area contributed by atoms with Gasteiger partial charge in [-0.1, -0.05) is 95.3 Å². The van der Waals surface area contributed by atoms with Gasteiger partial charge in [0.1, 0.15) is 5.82 Å². The summed E-state index contributed by atoms with van der Waals surface area (Å²) >= 11 is 12.1. The molecule has 2 aromatic rings. The van der Waals surface area contributed by atoms with Crippen LogP contribution in [0.3, 0.4) is 0 Å². The summed E-state index contributed by atoms with van der Waals surface area (Å²) in [5.41, 5.74) is 2.02. The maximum atomic E-state index is 14.9. The molecule has 1 aliphatic carbocycles. The first kappa shape index (κ1) is 35.6. The fourth-order valence-corrected chi connectivity index (χ4v) is 5.56. The van der Waals surface area contributed by atoms with E-state index in [1.165, 1.54) is 12.5 Å². The van der Waals surface area contributed by atoms with E-state index in [0.29, 0.717) is 46.8 Å². The second-order valence-electron chi connectivity index (χ2n) is 13.2. The van der Waals surface area contributed by atoms with Gasteiger partial charge in [0, 0.05) is 42.3 Å². The second kappa shape index (κ2) is 16.4. The van der Waals surface area contributed by atoms with Gasteiger partial charge in [0.2, 0.25) is 12.3 Å². The number of amides is 4. The fourth-order valence-electron chi connectivity index (χ4n) is 5.21. The lowest BCUT2D eigenvalue weighted by Crippen LogP contribution is -2.65. The SMILES string of the molecule is CC(C)(C)C.CC(c1cccc(Cl)c1F)[C@@H](NCc1ccc(Cl)cc1NC=O)C(=O)NC1CN(C(=O)NC2CCCCC2)C1. The highest BCUT2D eigenvalue weighted by Gasteiger charge is 2.36. The Hall–Kier alpha value is -2.88. The molecule has 4 amide bonds. The molecule has 1 aliphatic heterocycles. The average Bonchev–Trinajstić information content (AvgIpc) is 2.92. The molecule has 2 atom stereocenters. The summed E-state index contributed by atoms with van der Waals surface area (Å²) in [5.74, 6) is -1.47. The van der Waals surface area contributed by atoms with Crippen molar-refractivity contribution >= 4 is 47.2 Å². The number of benzene rings is 2. The van der Waals surface area contributed by atoms with Crippen LogP contribution in [0.25, 0.3) is 0 Å². The molecule has 0 aromatic heterocycles. The van der Waals surface area contributed by atoms with Crippen LogP contribution in [0.2, 0.25) is 10.0 Å². The molecular formula is C33H46Cl2FN5O3. The molecule has 4 rings (SSSR count). The van der Waals surface area contributed by atoms with Crippen molar-refractivity contribution in [3.8, 4) is 0 Å². The van der Waals surface area contributed by atoms with Crippen LogP contribution < -0.4 is 21.3 Å². The molecule has 1 saturated heterocycles. The molecule has 2 aliphatic rings. The van der Waals surface area contributed by atoms with Gasteiger partial charge in [-0.2, -0.15) is 0 Å². The van der Waals surface area contributed by atoms with Crippen molar-refractivity contribution in [1.29, 1.82) is 0 Å². The summed E-state index contributed by atoms with van der Waals surface area (Å²) in [6, 6.07) is 8.83. The van der Waals surface area contributed by atoms with Gasteiger partial charge < -0.3 is 26.2 Å². The highest BCUT2D eigenvalue weighted by Crippen LogP contribution is 2.28.